The van der Waals surface area contributed by atoms with Crippen molar-refractivity contribution in [3.05, 3.63) is 58.1 Å². The number of rotatable bonds is 6. The summed E-state index contributed by atoms with van der Waals surface area (Å²) in [6, 6.07) is 4.00. The van der Waals surface area contributed by atoms with Crippen LogP contribution in [0.3, 0.4) is 0 Å². The molecule has 0 aliphatic heterocycles. The highest BCUT2D eigenvalue weighted by atomic mass is 32.1. The van der Waals surface area contributed by atoms with Crippen molar-refractivity contribution >= 4 is 17.2 Å². The molecule has 0 aliphatic rings. The molecule has 1 N–H and O–H groups in total. The second-order valence-corrected chi connectivity index (χ2v) is 6.30. The van der Waals surface area contributed by atoms with Gasteiger partial charge in [-0.3, -0.25) is 9.48 Å². The number of hydrogen-bond donors (Lipinski definition) is 1. The van der Waals surface area contributed by atoms with Gasteiger partial charge >= 0.3 is 0 Å². The fourth-order valence-electron chi connectivity index (χ4n) is 2.62. The average Bonchev–Trinajstić information content (AvgIpc) is 3.25. The second-order valence-electron chi connectivity index (χ2n) is 5.58. The van der Waals surface area contributed by atoms with Crippen molar-refractivity contribution in [2.75, 3.05) is 6.54 Å². The Bertz CT molecular complexity index is 909. The third-order valence-corrected chi connectivity index (χ3v) is 4.36. The van der Waals surface area contributed by atoms with E-state index >= 15 is 0 Å². The molecule has 0 fully saturated rings. The maximum absolute atomic E-state index is 13.7. The van der Waals surface area contributed by atoms with Gasteiger partial charge < -0.3 is 5.32 Å². The molecular formula is C17H15F3N4OS. The number of alkyl halides is 2. The van der Waals surface area contributed by atoms with Crippen molar-refractivity contribution in [3.8, 4) is 11.1 Å². The summed E-state index contributed by atoms with van der Waals surface area (Å²) < 4.78 is 41.5. The first kappa shape index (κ1) is 18.1. The number of aromatic nitrogens is 3. The first-order valence-electron chi connectivity index (χ1n) is 7.72. The molecule has 3 rings (SSSR count). The first-order valence-corrected chi connectivity index (χ1v) is 8.67. The lowest BCUT2D eigenvalue weighted by molar-refractivity contribution is 0.0950. The van der Waals surface area contributed by atoms with Gasteiger partial charge in [-0.1, -0.05) is 6.07 Å². The van der Waals surface area contributed by atoms with E-state index in [-0.39, 0.29) is 18.0 Å². The summed E-state index contributed by atoms with van der Waals surface area (Å²) in [5.41, 5.74) is 2.65. The minimum atomic E-state index is -2.77. The molecule has 1 amide bonds. The van der Waals surface area contributed by atoms with Gasteiger partial charge in [0.1, 0.15) is 17.2 Å². The van der Waals surface area contributed by atoms with Crippen LogP contribution in [0.4, 0.5) is 13.2 Å². The van der Waals surface area contributed by atoms with Crippen molar-refractivity contribution in [2.45, 2.75) is 12.8 Å². The van der Waals surface area contributed by atoms with Gasteiger partial charge in [-0.2, -0.15) is 5.10 Å². The zero-order valence-corrected chi connectivity index (χ0v) is 14.6. The van der Waals surface area contributed by atoms with Crippen LogP contribution in [0.5, 0.6) is 0 Å². The Hall–Kier alpha value is -2.68. The zero-order valence-electron chi connectivity index (χ0n) is 13.7. The SMILES string of the molecule is Cn1cc(-c2cc(F)ccc2CCNC(=O)c2cscn2)c(C(F)F)n1. The van der Waals surface area contributed by atoms with Crippen LogP contribution in [0.2, 0.25) is 0 Å². The smallest absolute Gasteiger partial charge is 0.282 e. The lowest BCUT2D eigenvalue weighted by Crippen LogP contribution is -2.26. The van der Waals surface area contributed by atoms with E-state index in [4.69, 9.17) is 0 Å². The molecule has 0 spiro atoms. The average molecular weight is 380 g/mol. The van der Waals surface area contributed by atoms with Crippen molar-refractivity contribution in [1.82, 2.24) is 20.1 Å². The van der Waals surface area contributed by atoms with Gasteiger partial charge in [0.05, 0.1) is 5.51 Å². The molecule has 0 saturated heterocycles. The maximum Gasteiger partial charge on any atom is 0.282 e. The topological polar surface area (TPSA) is 59.8 Å². The monoisotopic (exact) mass is 380 g/mol. The van der Waals surface area contributed by atoms with E-state index in [1.165, 1.54) is 47.5 Å². The van der Waals surface area contributed by atoms with Gasteiger partial charge in [-0.15, -0.1) is 11.3 Å². The molecule has 0 bridgehead atoms. The number of hydrogen-bond acceptors (Lipinski definition) is 4. The lowest BCUT2D eigenvalue weighted by Gasteiger charge is -2.10. The summed E-state index contributed by atoms with van der Waals surface area (Å²) in [6.07, 6.45) is -0.983. The Morgan fingerprint density at radius 2 is 2.15 bits per heavy atom. The predicted octanol–water partition coefficient (Wildman–Crippen LogP) is 3.59. The number of amides is 1. The Labute approximate surface area is 151 Å². The molecule has 9 heteroatoms. The molecule has 2 aromatic heterocycles. The Balaban J connectivity index is 1.82. The van der Waals surface area contributed by atoms with Crippen LogP contribution in [0.25, 0.3) is 11.1 Å². The molecule has 3 aromatic rings. The van der Waals surface area contributed by atoms with Crippen LogP contribution in [-0.4, -0.2) is 27.2 Å². The van der Waals surface area contributed by atoms with E-state index in [0.717, 1.165) is 0 Å². The van der Waals surface area contributed by atoms with Crippen LogP contribution < -0.4 is 5.32 Å². The Kier molecular flexibility index (Phi) is 5.36. The second kappa shape index (κ2) is 7.69. The van der Waals surface area contributed by atoms with Gasteiger partial charge in [-0.25, -0.2) is 18.2 Å². The molecule has 1 aromatic carbocycles. The van der Waals surface area contributed by atoms with Crippen molar-refractivity contribution < 1.29 is 18.0 Å². The largest absolute Gasteiger partial charge is 0.350 e. The van der Waals surface area contributed by atoms with Gasteiger partial charge in [0.2, 0.25) is 0 Å². The number of nitrogens with one attached hydrogen (secondary N) is 1. The van der Waals surface area contributed by atoms with Gasteiger partial charge in [-0.05, 0) is 29.7 Å². The van der Waals surface area contributed by atoms with Crippen molar-refractivity contribution in [2.24, 2.45) is 7.05 Å². The maximum atomic E-state index is 13.7. The quantitative estimate of drug-likeness (QED) is 0.711. The van der Waals surface area contributed by atoms with Crippen LogP contribution in [0.1, 0.15) is 28.2 Å². The van der Waals surface area contributed by atoms with Crippen LogP contribution in [0, 0.1) is 5.82 Å². The van der Waals surface area contributed by atoms with E-state index in [1.807, 2.05) is 0 Å². The van der Waals surface area contributed by atoms with E-state index < -0.39 is 17.9 Å². The van der Waals surface area contributed by atoms with E-state index in [9.17, 15) is 18.0 Å². The van der Waals surface area contributed by atoms with Crippen LogP contribution >= 0.6 is 11.3 Å². The number of thiazole rings is 1. The van der Waals surface area contributed by atoms with Gasteiger partial charge in [0.15, 0.2) is 0 Å². The van der Waals surface area contributed by atoms with Crippen LogP contribution in [0.15, 0.2) is 35.3 Å². The van der Waals surface area contributed by atoms with Crippen LogP contribution in [-0.2, 0) is 13.5 Å². The summed E-state index contributed by atoms with van der Waals surface area (Å²) in [4.78, 5) is 15.8. The number of benzene rings is 1. The van der Waals surface area contributed by atoms with E-state index in [0.29, 0.717) is 23.2 Å². The van der Waals surface area contributed by atoms with Crippen molar-refractivity contribution in [3.63, 3.8) is 0 Å². The fourth-order valence-corrected chi connectivity index (χ4v) is 3.15. The number of carbonyl (C=O) groups excluding carboxylic acids is 1. The standard InChI is InChI=1S/C17H15F3N4OS/c1-24-7-13(15(23-24)16(19)20)12-6-11(18)3-2-10(12)4-5-21-17(25)14-8-26-9-22-14/h2-3,6-9,16H,4-5H2,1H3,(H,21,25). The zero-order chi connectivity index (χ0) is 18.7. The normalized spacial score (nSPS) is 11.1. The Morgan fingerprint density at radius 1 is 1.35 bits per heavy atom. The first-order chi connectivity index (χ1) is 12.5. The molecule has 26 heavy (non-hydrogen) atoms. The summed E-state index contributed by atoms with van der Waals surface area (Å²) in [6.45, 7) is 0.263. The molecule has 0 radical (unpaired) electrons. The molecule has 0 saturated carbocycles. The summed E-state index contributed by atoms with van der Waals surface area (Å²) in [5, 5.41) is 8.11. The highest BCUT2D eigenvalue weighted by Crippen LogP contribution is 2.32. The summed E-state index contributed by atoms with van der Waals surface area (Å²) in [5.74, 6) is -0.844. The molecule has 2 heterocycles. The summed E-state index contributed by atoms with van der Waals surface area (Å²) >= 11 is 1.31. The third kappa shape index (κ3) is 3.93. The predicted molar refractivity (Wildman–Crippen MR) is 91.7 cm³/mol. The number of aryl methyl sites for hydroxylation is 1. The van der Waals surface area contributed by atoms with Gasteiger partial charge in [0, 0.05) is 30.7 Å². The van der Waals surface area contributed by atoms with E-state index in [1.54, 1.807) is 10.9 Å². The molecular weight excluding hydrogens is 365 g/mol. The Morgan fingerprint density at radius 3 is 2.85 bits per heavy atom. The minimum absolute atomic E-state index is 0.183. The molecule has 5 nitrogen and oxygen atoms in total. The highest BCUT2D eigenvalue weighted by Gasteiger charge is 2.21. The molecule has 136 valence electrons. The van der Waals surface area contributed by atoms with E-state index in [2.05, 4.69) is 15.4 Å². The number of halogens is 3. The minimum Gasteiger partial charge on any atom is -0.350 e. The fraction of sp³-hybridized carbons (Fsp3) is 0.235. The van der Waals surface area contributed by atoms with Crippen molar-refractivity contribution in [1.29, 1.82) is 0 Å². The van der Waals surface area contributed by atoms with Gasteiger partial charge in [0.25, 0.3) is 12.3 Å². The highest BCUT2D eigenvalue weighted by molar-refractivity contribution is 7.07. The third-order valence-electron chi connectivity index (χ3n) is 3.77. The summed E-state index contributed by atoms with van der Waals surface area (Å²) in [7, 11) is 1.53. The molecule has 0 unspecified atom stereocenters. The molecule has 0 aliphatic carbocycles. The number of nitrogens with zero attached hydrogens (tertiary/aromatic N) is 3. The number of carbonyl (C=O) groups is 1. The lowest BCUT2D eigenvalue weighted by atomic mass is 9.97. The molecule has 0 atom stereocenters.